The van der Waals surface area contributed by atoms with E-state index in [1.165, 1.54) is 0 Å². The smallest absolute Gasteiger partial charge is 0.253 e. The predicted octanol–water partition coefficient (Wildman–Crippen LogP) is 3.12. The number of carbonyl (C=O) groups is 2. The van der Waals surface area contributed by atoms with E-state index in [-0.39, 0.29) is 11.8 Å². The summed E-state index contributed by atoms with van der Waals surface area (Å²) < 4.78 is 0. The average molecular weight is 402 g/mol. The van der Waals surface area contributed by atoms with Crippen LogP contribution in [-0.4, -0.2) is 41.4 Å². The Kier molecular flexibility index (Phi) is 6.81. The Morgan fingerprint density at radius 2 is 2.07 bits per heavy atom. The topological polar surface area (TPSA) is 87.2 Å². The molecule has 8 heteroatoms. The number of nitrogens with one attached hydrogen (secondary N) is 2. The van der Waals surface area contributed by atoms with Crippen LogP contribution in [0.1, 0.15) is 36.5 Å². The molecule has 148 valence electrons. The summed E-state index contributed by atoms with van der Waals surface area (Å²) in [6, 6.07) is 6.67. The minimum Gasteiger partial charge on any atom is -0.352 e. The highest BCUT2D eigenvalue weighted by atomic mass is 35.5. The van der Waals surface area contributed by atoms with E-state index in [2.05, 4.69) is 25.5 Å². The maximum atomic E-state index is 12.7. The second-order valence-electron chi connectivity index (χ2n) is 6.80. The van der Waals surface area contributed by atoms with E-state index in [1.54, 1.807) is 43.6 Å². The van der Waals surface area contributed by atoms with Crippen LogP contribution in [0.2, 0.25) is 5.02 Å². The molecule has 1 fully saturated rings. The first-order valence-corrected chi connectivity index (χ1v) is 9.84. The Labute approximate surface area is 169 Å². The first-order chi connectivity index (χ1) is 13.6. The normalized spacial score (nSPS) is 16.5. The number of piperidine rings is 1. The Hall–Kier alpha value is -2.67. The number of amides is 2. The monoisotopic (exact) mass is 401 g/mol. The van der Waals surface area contributed by atoms with Gasteiger partial charge in [-0.05, 0) is 43.0 Å². The van der Waals surface area contributed by atoms with Gasteiger partial charge in [0, 0.05) is 43.5 Å². The maximum Gasteiger partial charge on any atom is 0.253 e. The number of hydrogen-bond acceptors (Lipinski definition) is 5. The number of halogens is 1. The molecule has 0 bridgehead atoms. The molecule has 28 heavy (non-hydrogen) atoms. The molecular formula is C20H24ClN5O2. The Balaban J connectivity index is 1.61. The first kappa shape index (κ1) is 20.1. The number of hydrogen-bond donors (Lipinski definition) is 2. The number of nitrogens with zero attached hydrogens (tertiary/aromatic N) is 3. The summed E-state index contributed by atoms with van der Waals surface area (Å²) in [6.45, 7) is 4.01. The molecule has 1 unspecified atom stereocenters. The molecule has 3 rings (SSSR count). The Morgan fingerprint density at radius 1 is 1.29 bits per heavy atom. The van der Waals surface area contributed by atoms with Gasteiger partial charge in [0.2, 0.25) is 11.9 Å². The molecule has 2 aromatic rings. The fraction of sp³-hybridized carbons (Fsp3) is 0.400. The maximum absolute atomic E-state index is 12.7. The summed E-state index contributed by atoms with van der Waals surface area (Å²) in [5, 5.41) is 6.20. The standard InChI is InChI=1S/C20H24ClN5O2/c1-2-18(27)25-17-11-15(21)6-7-16(17)19(28)24-12-14-5-3-10-26(13-14)20-22-8-4-9-23-20/h4,6-9,11,14H,2-3,5,10,12-13H2,1H3,(H,24,28)(H,25,27). The van der Waals surface area contributed by atoms with Crippen molar-refractivity contribution >= 4 is 35.1 Å². The summed E-state index contributed by atoms with van der Waals surface area (Å²) in [5.41, 5.74) is 0.838. The Morgan fingerprint density at radius 3 is 2.82 bits per heavy atom. The van der Waals surface area contributed by atoms with Crippen molar-refractivity contribution in [3.05, 3.63) is 47.2 Å². The molecule has 0 radical (unpaired) electrons. The van der Waals surface area contributed by atoms with Gasteiger partial charge in [0.25, 0.3) is 5.91 Å². The molecule has 1 atom stereocenters. The van der Waals surface area contributed by atoms with Gasteiger partial charge in [-0.2, -0.15) is 0 Å². The SMILES string of the molecule is CCC(=O)Nc1cc(Cl)ccc1C(=O)NCC1CCCN(c2ncccn2)C1. The van der Waals surface area contributed by atoms with E-state index in [1.807, 2.05) is 0 Å². The number of aromatic nitrogens is 2. The quantitative estimate of drug-likeness (QED) is 0.776. The Bertz CT molecular complexity index is 831. The van der Waals surface area contributed by atoms with Crippen LogP contribution in [0.4, 0.5) is 11.6 Å². The van der Waals surface area contributed by atoms with Crippen LogP contribution in [0.3, 0.4) is 0 Å². The van der Waals surface area contributed by atoms with Gasteiger partial charge in [0.05, 0.1) is 11.3 Å². The van der Waals surface area contributed by atoms with E-state index < -0.39 is 0 Å². The highest BCUT2D eigenvalue weighted by Crippen LogP contribution is 2.23. The van der Waals surface area contributed by atoms with Gasteiger partial charge in [-0.15, -0.1) is 0 Å². The van der Waals surface area contributed by atoms with Crippen molar-refractivity contribution in [1.29, 1.82) is 0 Å². The van der Waals surface area contributed by atoms with Gasteiger partial charge in [0.15, 0.2) is 0 Å². The molecule has 2 N–H and O–H groups in total. The minimum atomic E-state index is -0.226. The van der Waals surface area contributed by atoms with Crippen molar-refractivity contribution < 1.29 is 9.59 Å². The number of anilines is 2. The molecule has 1 aliphatic heterocycles. The minimum absolute atomic E-state index is 0.165. The van der Waals surface area contributed by atoms with Gasteiger partial charge >= 0.3 is 0 Å². The van der Waals surface area contributed by atoms with Gasteiger partial charge < -0.3 is 15.5 Å². The second kappa shape index (κ2) is 9.50. The van der Waals surface area contributed by atoms with Crippen LogP contribution in [0, 0.1) is 5.92 Å². The molecule has 2 amide bonds. The molecular weight excluding hydrogens is 378 g/mol. The zero-order valence-electron chi connectivity index (χ0n) is 15.8. The van der Waals surface area contributed by atoms with E-state index in [9.17, 15) is 9.59 Å². The molecule has 1 aromatic heterocycles. The van der Waals surface area contributed by atoms with Crippen LogP contribution in [-0.2, 0) is 4.79 Å². The fourth-order valence-corrected chi connectivity index (χ4v) is 3.43. The van der Waals surface area contributed by atoms with E-state index in [0.717, 1.165) is 31.9 Å². The average Bonchev–Trinajstić information content (AvgIpc) is 2.73. The number of benzene rings is 1. The third kappa shape index (κ3) is 5.19. The molecule has 2 heterocycles. The summed E-state index contributed by atoms with van der Waals surface area (Å²) in [5.74, 6) is 0.640. The summed E-state index contributed by atoms with van der Waals surface area (Å²) in [7, 11) is 0. The molecule has 0 aliphatic carbocycles. The lowest BCUT2D eigenvalue weighted by Gasteiger charge is -2.32. The lowest BCUT2D eigenvalue weighted by Crippen LogP contribution is -2.41. The van der Waals surface area contributed by atoms with Gasteiger partial charge in [-0.1, -0.05) is 18.5 Å². The largest absolute Gasteiger partial charge is 0.352 e. The molecule has 1 aliphatic rings. The molecule has 0 saturated carbocycles. The summed E-state index contributed by atoms with van der Waals surface area (Å²) in [6.07, 6.45) is 5.86. The van der Waals surface area contributed by atoms with Crippen LogP contribution >= 0.6 is 11.6 Å². The van der Waals surface area contributed by atoms with Crippen molar-refractivity contribution in [2.75, 3.05) is 29.9 Å². The third-order valence-corrected chi connectivity index (χ3v) is 4.96. The lowest BCUT2D eigenvalue weighted by molar-refractivity contribution is -0.115. The number of rotatable bonds is 6. The van der Waals surface area contributed by atoms with Gasteiger partial charge in [0.1, 0.15) is 0 Å². The third-order valence-electron chi connectivity index (χ3n) is 4.73. The fourth-order valence-electron chi connectivity index (χ4n) is 3.26. The van der Waals surface area contributed by atoms with Gasteiger partial charge in [-0.3, -0.25) is 9.59 Å². The van der Waals surface area contributed by atoms with Crippen molar-refractivity contribution in [3.8, 4) is 0 Å². The zero-order chi connectivity index (χ0) is 19.9. The second-order valence-corrected chi connectivity index (χ2v) is 7.24. The lowest BCUT2D eigenvalue weighted by atomic mass is 9.98. The van der Waals surface area contributed by atoms with Crippen LogP contribution < -0.4 is 15.5 Å². The van der Waals surface area contributed by atoms with E-state index in [4.69, 9.17) is 11.6 Å². The predicted molar refractivity (Wildman–Crippen MR) is 110 cm³/mol. The summed E-state index contributed by atoms with van der Waals surface area (Å²) in [4.78, 5) is 35.2. The molecule has 0 spiro atoms. The van der Waals surface area contributed by atoms with Crippen LogP contribution in [0.5, 0.6) is 0 Å². The van der Waals surface area contributed by atoms with Crippen molar-refractivity contribution in [2.45, 2.75) is 26.2 Å². The van der Waals surface area contributed by atoms with Gasteiger partial charge in [-0.25, -0.2) is 9.97 Å². The van der Waals surface area contributed by atoms with Crippen molar-refractivity contribution in [3.63, 3.8) is 0 Å². The van der Waals surface area contributed by atoms with E-state index in [0.29, 0.717) is 35.2 Å². The molecule has 7 nitrogen and oxygen atoms in total. The first-order valence-electron chi connectivity index (χ1n) is 9.46. The zero-order valence-corrected chi connectivity index (χ0v) is 16.6. The van der Waals surface area contributed by atoms with Crippen LogP contribution in [0.25, 0.3) is 0 Å². The van der Waals surface area contributed by atoms with E-state index >= 15 is 0 Å². The molecule has 1 saturated heterocycles. The van der Waals surface area contributed by atoms with Crippen LogP contribution in [0.15, 0.2) is 36.7 Å². The number of carbonyl (C=O) groups excluding carboxylic acids is 2. The van der Waals surface area contributed by atoms with Crippen molar-refractivity contribution in [1.82, 2.24) is 15.3 Å². The summed E-state index contributed by atoms with van der Waals surface area (Å²) >= 11 is 6.02. The molecule has 1 aromatic carbocycles. The highest BCUT2D eigenvalue weighted by Gasteiger charge is 2.23. The highest BCUT2D eigenvalue weighted by molar-refractivity contribution is 6.31. The van der Waals surface area contributed by atoms with Crippen molar-refractivity contribution in [2.24, 2.45) is 5.92 Å².